The maximum Gasteiger partial charge on any atom is 0.310 e. The van der Waals surface area contributed by atoms with Crippen LogP contribution >= 0.6 is 11.7 Å². The molecule has 1 unspecified atom stereocenters. The first-order chi connectivity index (χ1) is 17.3. The van der Waals surface area contributed by atoms with Crippen LogP contribution in [0.1, 0.15) is 130 Å². The van der Waals surface area contributed by atoms with Gasteiger partial charge >= 0.3 is 5.97 Å². The van der Waals surface area contributed by atoms with E-state index >= 15 is 0 Å². The summed E-state index contributed by atoms with van der Waals surface area (Å²) in [4.78, 5) is 12.7. The predicted octanol–water partition coefficient (Wildman–Crippen LogP) is 7.93. The van der Waals surface area contributed by atoms with Crippen molar-refractivity contribution in [1.82, 2.24) is 8.75 Å². The van der Waals surface area contributed by atoms with Gasteiger partial charge in [0.05, 0.1) is 31.9 Å². The minimum Gasteiger partial charge on any atom is -0.475 e. The zero-order chi connectivity index (χ0) is 26.3. The number of likely N-dealkylation sites (N-methyl/N-ethyl adjacent to an activating group) is 1. The number of nitrogens with zero attached hydrogens (tertiary/aromatic N) is 3. The first-order valence-corrected chi connectivity index (χ1v) is 15.3. The molecule has 0 fully saturated rings. The summed E-state index contributed by atoms with van der Waals surface area (Å²) in [5.74, 6) is 0.571. The molecule has 36 heavy (non-hydrogen) atoms. The van der Waals surface area contributed by atoms with Crippen molar-refractivity contribution in [2.75, 3.05) is 26.7 Å². The third kappa shape index (κ3) is 10.1. The van der Waals surface area contributed by atoms with Crippen molar-refractivity contribution in [3.63, 3.8) is 0 Å². The molecule has 0 aliphatic carbocycles. The van der Waals surface area contributed by atoms with Crippen molar-refractivity contribution in [1.29, 1.82) is 0 Å². The van der Waals surface area contributed by atoms with Gasteiger partial charge in [-0.05, 0) is 12.8 Å². The van der Waals surface area contributed by atoms with Crippen LogP contribution in [0.3, 0.4) is 0 Å². The van der Waals surface area contributed by atoms with Crippen molar-refractivity contribution in [2.45, 2.75) is 130 Å². The van der Waals surface area contributed by atoms with E-state index in [1.165, 1.54) is 75.9 Å². The quantitative estimate of drug-likeness (QED) is 0.105. The molecule has 1 aromatic heterocycles. The molecule has 0 aromatic carbocycles. The van der Waals surface area contributed by atoms with Gasteiger partial charge < -0.3 is 9.47 Å². The Morgan fingerprint density at radius 1 is 0.944 bits per heavy atom. The molecule has 0 spiro atoms. The summed E-state index contributed by atoms with van der Waals surface area (Å²) < 4.78 is 21.7. The minimum absolute atomic E-state index is 0.0789. The number of carbonyl (C=O) groups excluding carboxylic acids is 1. The Kier molecular flexibility index (Phi) is 14.0. The number of hydrogen-bond donors (Lipinski definition) is 0. The normalized spacial score (nSPS) is 18.2. The lowest BCUT2D eigenvalue weighted by molar-refractivity contribution is -0.971. The van der Waals surface area contributed by atoms with Crippen LogP contribution in [0.4, 0.5) is 0 Å². The highest BCUT2D eigenvalue weighted by Gasteiger charge is 2.45. The van der Waals surface area contributed by atoms with Gasteiger partial charge in [0.1, 0.15) is 12.2 Å². The molecule has 0 bridgehead atoms. The fraction of sp³-hybridized carbons (Fsp3) is 0.828. The Morgan fingerprint density at radius 2 is 1.56 bits per heavy atom. The molecule has 2 heterocycles. The van der Waals surface area contributed by atoms with Gasteiger partial charge in [0.2, 0.25) is 5.72 Å². The lowest BCUT2D eigenvalue weighted by Gasteiger charge is -2.47. The van der Waals surface area contributed by atoms with Gasteiger partial charge in [0.15, 0.2) is 0 Å². The highest BCUT2D eigenvalue weighted by molar-refractivity contribution is 6.99. The molecular formula is C29H52N3O3S+. The number of rotatable bonds is 19. The van der Waals surface area contributed by atoms with Crippen LogP contribution in [0.15, 0.2) is 6.08 Å². The monoisotopic (exact) mass is 522 g/mol. The van der Waals surface area contributed by atoms with Gasteiger partial charge in [-0.2, -0.15) is 4.37 Å². The van der Waals surface area contributed by atoms with Gasteiger partial charge in [-0.1, -0.05) is 90.6 Å². The van der Waals surface area contributed by atoms with E-state index in [4.69, 9.17) is 9.47 Å². The van der Waals surface area contributed by atoms with E-state index in [9.17, 15) is 4.79 Å². The third-order valence-corrected chi connectivity index (χ3v) is 8.19. The average molecular weight is 523 g/mol. The molecule has 0 N–H and O–H groups in total. The average Bonchev–Trinajstić information content (AvgIpc) is 3.31. The fourth-order valence-electron chi connectivity index (χ4n) is 4.86. The molecule has 1 aliphatic rings. The van der Waals surface area contributed by atoms with E-state index in [0.29, 0.717) is 23.4 Å². The van der Waals surface area contributed by atoms with Gasteiger partial charge in [-0.3, -0.25) is 9.28 Å². The number of carbonyl (C=O) groups is 1. The summed E-state index contributed by atoms with van der Waals surface area (Å²) in [6, 6.07) is 0. The number of aromatic nitrogens is 2. The second-order valence-electron chi connectivity index (χ2n) is 11.1. The predicted molar refractivity (Wildman–Crippen MR) is 150 cm³/mol. The van der Waals surface area contributed by atoms with E-state index in [1.54, 1.807) is 0 Å². The number of esters is 1. The summed E-state index contributed by atoms with van der Waals surface area (Å²) in [6.45, 7) is 10.9. The molecule has 0 saturated heterocycles. The highest BCUT2D eigenvalue weighted by atomic mass is 32.1. The van der Waals surface area contributed by atoms with Crippen molar-refractivity contribution >= 4 is 23.3 Å². The van der Waals surface area contributed by atoms with Gasteiger partial charge in [-0.25, -0.2) is 0 Å². The standard InChI is InChI=1S/C29H52N3O3S/c1-6-8-10-12-13-14-15-16-17-21-26(33)35-29(3,4)32(5)22-19-20-25(24-32)27-28(31-36-30-27)34-23-18-11-9-7-2/h20H,6-19,21-24H2,1-5H3/q+1. The molecule has 1 aliphatic heterocycles. The van der Waals surface area contributed by atoms with Crippen LogP contribution in [-0.4, -0.2) is 51.7 Å². The van der Waals surface area contributed by atoms with Gasteiger partial charge in [0, 0.05) is 32.3 Å². The first kappa shape index (κ1) is 30.8. The smallest absolute Gasteiger partial charge is 0.310 e. The van der Waals surface area contributed by atoms with Crippen LogP contribution in [0, 0.1) is 0 Å². The van der Waals surface area contributed by atoms with Crippen molar-refractivity contribution < 1.29 is 18.8 Å². The topological polar surface area (TPSA) is 61.3 Å². The van der Waals surface area contributed by atoms with Crippen LogP contribution in [0.25, 0.3) is 5.57 Å². The summed E-state index contributed by atoms with van der Waals surface area (Å²) in [5.41, 5.74) is 1.39. The molecule has 1 aromatic rings. The first-order valence-electron chi connectivity index (χ1n) is 14.5. The molecule has 6 nitrogen and oxygen atoms in total. The number of unbranched alkanes of at least 4 members (excludes halogenated alkanes) is 11. The van der Waals surface area contributed by atoms with Crippen molar-refractivity contribution in [3.8, 4) is 5.88 Å². The molecule has 0 radical (unpaired) electrons. The van der Waals surface area contributed by atoms with E-state index in [2.05, 4.69) is 49.6 Å². The van der Waals surface area contributed by atoms with Gasteiger partial charge in [-0.15, -0.1) is 4.37 Å². The molecule has 0 saturated carbocycles. The number of quaternary nitrogens is 1. The van der Waals surface area contributed by atoms with E-state index in [0.717, 1.165) is 50.0 Å². The number of hydrogen-bond acceptors (Lipinski definition) is 6. The summed E-state index contributed by atoms with van der Waals surface area (Å²) in [6.07, 6.45) is 19.6. The molecule has 1 atom stereocenters. The maximum atomic E-state index is 12.7. The highest BCUT2D eigenvalue weighted by Crippen LogP contribution is 2.35. The molecule has 2 rings (SSSR count). The second-order valence-corrected chi connectivity index (χ2v) is 11.7. The lowest BCUT2D eigenvalue weighted by Crippen LogP contribution is -2.62. The fourth-order valence-corrected chi connectivity index (χ4v) is 5.39. The Morgan fingerprint density at radius 3 is 2.22 bits per heavy atom. The summed E-state index contributed by atoms with van der Waals surface area (Å²) >= 11 is 1.21. The zero-order valence-corrected chi connectivity index (χ0v) is 24.6. The van der Waals surface area contributed by atoms with Crippen LogP contribution in [0.5, 0.6) is 5.88 Å². The molecular weight excluding hydrogens is 470 g/mol. The minimum atomic E-state index is -0.611. The largest absolute Gasteiger partial charge is 0.475 e. The van der Waals surface area contributed by atoms with E-state index in [-0.39, 0.29) is 5.97 Å². The molecule has 0 amide bonds. The third-order valence-electron chi connectivity index (χ3n) is 7.68. The lowest BCUT2D eigenvalue weighted by atomic mass is 10.0. The number of ether oxygens (including phenoxy) is 2. The Bertz CT molecular complexity index is 792. The Balaban J connectivity index is 1.80. The maximum absolute atomic E-state index is 12.7. The molecule has 7 heteroatoms. The molecule has 206 valence electrons. The van der Waals surface area contributed by atoms with Crippen LogP contribution < -0.4 is 4.74 Å². The van der Waals surface area contributed by atoms with E-state index in [1.807, 2.05) is 0 Å². The zero-order valence-electron chi connectivity index (χ0n) is 23.8. The Labute approximate surface area is 224 Å². The van der Waals surface area contributed by atoms with Crippen molar-refractivity contribution in [3.05, 3.63) is 11.8 Å². The summed E-state index contributed by atoms with van der Waals surface area (Å²) in [7, 11) is 2.18. The second kappa shape index (κ2) is 16.4. The Hall–Kier alpha value is -1.47. The van der Waals surface area contributed by atoms with E-state index < -0.39 is 5.72 Å². The van der Waals surface area contributed by atoms with Gasteiger partial charge in [0.25, 0.3) is 5.88 Å². The summed E-state index contributed by atoms with van der Waals surface area (Å²) in [5, 5.41) is 0. The van der Waals surface area contributed by atoms with Crippen LogP contribution in [0.2, 0.25) is 0 Å². The SMILES string of the molecule is CCCCCCCCCCCC(=O)OC(C)(C)[N+]1(C)CCC=C(c2nsnc2OCCCCCC)C1. The van der Waals surface area contributed by atoms with Crippen LogP contribution in [-0.2, 0) is 9.53 Å². The van der Waals surface area contributed by atoms with Crippen molar-refractivity contribution in [2.24, 2.45) is 0 Å².